The highest BCUT2D eigenvalue weighted by Crippen LogP contribution is 2.00. The van der Waals surface area contributed by atoms with Crippen LogP contribution in [0.4, 0.5) is 0 Å². The lowest BCUT2D eigenvalue weighted by Crippen LogP contribution is -2.02. The quantitative estimate of drug-likeness (QED) is 0.651. The summed E-state index contributed by atoms with van der Waals surface area (Å²) in [6.45, 7) is 0.293. The van der Waals surface area contributed by atoms with Gasteiger partial charge in [-0.1, -0.05) is 0 Å². The summed E-state index contributed by atoms with van der Waals surface area (Å²) in [7, 11) is 0. The molecule has 1 radical (unpaired) electrons. The summed E-state index contributed by atoms with van der Waals surface area (Å²) >= 11 is 0. The summed E-state index contributed by atoms with van der Waals surface area (Å²) in [5.41, 5.74) is 0. The average Bonchev–Trinajstić information content (AvgIpc) is 2.03. The van der Waals surface area contributed by atoms with Crippen molar-refractivity contribution in [3.8, 4) is 5.88 Å². The molecule has 10 heavy (non-hydrogen) atoms. The number of hydrogen-bond donors (Lipinski definition) is 1. The number of nitrogens with zero attached hydrogens (tertiary/aromatic N) is 1. The molecule has 0 aliphatic carbocycles. The average molecular weight is 138 g/mol. The molecule has 1 rings (SSSR count). The molecule has 53 valence electrons. The Balaban J connectivity index is 2.43. The van der Waals surface area contributed by atoms with E-state index in [2.05, 4.69) is 11.1 Å². The van der Waals surface area contributed by atoms with Crippen molar-refractivity contribution in [2.24, 2.45) is 0 Å². The van der Waals surface area contributed by atoms with Crippen molar-refractivity contribution in [3.05, 3.63) is 24.4 Å². The molecule has 0 aliphatic rings. The van der Waals surface area contributed by atoms with Crippen molar-refractivity contribution < 1.29 is 9.84 Å². The maximum Gasteiger partial charge on any atom is 0.213 e. The fourth-order valence-corrected chi connectivity index (χ4v) is 0.540. The first-order valence-corrected chi connectivity index (χ1v) is 2.99. The largest absolute Gasteiger partial charge is 0.475 e. The summed E-state index contributed by atoms with van der Waals surface area (Å²) in [5.74, 6) is 0.497. The summed E-state index contributed by atoms with van der Waals surface area (Å²) < 4.78 is 4.96. The number of rotatable bonds is 3. The van der Waals surface area contributed by atoms with Crippen LogP contribution in [-0.4, -0.2) is 23.3 Å². The van der Waals surface area contributed by atoms with Gasteiger partial charge in [0.25, 0.3) is 0 Å². The van der Waals surface area contributed by atoms with Crippen LogP contribution in [0.3, 0.4) is 0 Å². The van der Waals surface area contributed by atoms with Gasteiger partial charge in [0.2, 0.25) is 5.88 Å². The molecule has 0 bridgehead atoms. The van der Waals surface area contributed by atoms with Crippen molar-refractivity contribution in [3.63, 3.8) is 0 Å². The van der Waals surface area contributed by atoms with Gasteiger partial charge >= 0.3 is 0 Å². The van der Waals surface area contributed by atoms with Crippen LogP contribution in [0.1, 0.15) is 0 Å². The van der Waals surface area contributed by atoms with Crippen molar-refractivity contribution >= 4 is 0 Å². The minimum Gasteiger partial charge on any atom is -0.475 e. The molecule has 0 atom stereocenters. The van der Waals surface area contributed by atoms with E-state index in [9.17, 15) is 0 Å². The Labute approximate surface area is 59.3 Å². The Morgan fingerprint density at radius 1 is 1.70 bits per heavy atom. The van der Waals surface area contributed by atoms with E-state index in [1.807, 2.05) is 0 Å². The number of ether oxygens (including phenoxy) is 1. The van der Waals surface area contributed by atoms with Gasteiger partial charge in [-0.15, -0.1) is 0 Å². The Hall–Kier alpha value is -1.09. The van der Waals surface area contributed by atoms with E-state index in [4.69, 9.17) is 9.84 Å². The summed E-state index contributed by atoms with van der Waals surface area (Å²) in [6.07, 6.45) is 1.59. The highest BCUT2D eigenvalue weighted by atomic mass is 16.5. The van der Waals surface area contributed by atoms with E-state index in [-0.39, 0.29) is 13.2 Å². The smallest absolute Gasteiger partial charge is 0.213 e. The molecule has 0 saturated carbocycles. The third kappa shape index (κ3) is 2.03. The first-order valence-electron chi connectivity index (χ1n) is 2.99. The van der Waals surface area contributed by atoms with Gasteiger partial charge < -0.3 is 9.84 Å². The molecular weight excluding hydrogens is 130 g/mol. The lowest BCUT2D eigenvalue weighted by atomic mass is 10.5. The third-order valence-corrected chi connectivity index (χ3v) is 0.921. The highest BCUT2D eigenvalue weighted by Gasteiger charge is 1.89. The zero-order valence-corrected chi connectivity index (χ0v) is 5.45. The van der Waals surface area contributed by atoms with Gasteiger partial charge in [0.15, 0.2) is 0 Å². The molecule has 1 aromatic rings. The Morgan fingerprint density at radius 2 is 2.60 bits per heavy atom. The standard InChI is InChI=1S/C7H8NO2/c9-5-6-10-7-3-1-2-4-8-7/h2-4,9H,5-6H2. The van der Waals surface area contributed by atoms with Crippen molar-refractivity contribution in [1.82, 2.24) is 4.98 Å². The maximum atomic E-state index is 8.36. The summed E-state index contributed by atoms with van der Waals surface area (Å²) in [6, 6.07) is 6.11. The molecule has 1 heterocycles. The molecule has 1 N–H and O–H groups in total. The highest BCUT2D eigenvalue weighted by molar-refractivity contribution is 5.07. The van der Waals surface area contributed by atoms with Crippen LogP contribution in [0.5, 0.6) is 5.88 Å². The molecule has 0 spiro atoms. The van der Waals surface area contributed by atoms with Crippen molar-refractivity contribution in [1.29, 1.82) is 0 Å². The number of hydrogen-bond acceptors (Lipinski definition) is 3. The first-order chi connectivity index (χ1) is 4.93. The SMILES string of the molecule is OCCOc1c[c]ccn1. The second-order valence-corrected chi connectivity index (χ2v) is 1.67. The molecular formula is C7H8NO2. The van der Waals surface area contributed by atoms with Crippen LogP contribution < -0.4 is 4.74 Å². The van der Waals surface area contributed by atoms with Crippen LogP contribution in [0.15, 0.2) is 18.3 Å². The van der Waals surface area contributed by atoms with Crippen LogP contribution in [-0.2, 0) is 0 Å². The summed E-state index contributed by atoms with van der Waals surface area (Å²) in [5, 5.41) is 8.36. The minimum absolute atomic E-state index is 0.0105. The van der Waals surface area contributed by atoms with E-state index >= 15 is 0 Å². The Kier molecular flexibility index (Phi) is 2.70. The molecule has 0 aromatic carbocycles. The van der Waals surface area contributed by atoms with E-state index in [0.717, 1.165) is 0 Å². The van der Waals surface area contributed by atoms with Gasteiger partial charge in [-0.25, -0.2) is 4.98 Å². The van der Waals surface area contributed by atoms with Crippen LogP contribution in [0, 0.1) is 6.07 Å². The van der Waals surface area contributed by atoms with Gasteiger partial charge in [0, 0.05) is 12.3 Å². The lowest BCUT2D eigenvalue weighted by molar-refractivity contribution is 0.196. The fourth-order valence-electron chi connectivity index (χ4n) is 0.540. The predicted octanol–water partition coefficient (Wildman–Crippen LogP) is 0.253. The van der Waals surface area contributed by atoms with Gasteiger partial charge in [0.1, 0.15) is 6.61 Å². The van der Waals surface area contributed by atoms with Gasteiger partial charge in [-0.2, -0.15) is 0 Å². The topological polar surface area (TPSA) is 42.4 Å². The fraction of sp³-hybridized carbons (Fsp3) is 0.286. The second-order valence-electron chi connectivity index (χ2n) is 1.67. The van der Waals surface area contributed by atoms with Crippen molar-refractivity contribution in [2.75, 3.05) is 13.2 Å². The molecule has 0 fully saturated rings. The monoisotopic (exact) mass is 138 g/mol. The van der Waals surface area contributed by atoms with E-state index in [1.54, 1.807) is 18.3 Å². The van der Waals surface area contributed by atoms with Gasteiger partial charge in [-0.3, -0.25) is 0 Å². The van der Waals surface area contributed by atoms with E-state index in [0.29, 0.717) is 5.88 Å². The number of pyridine rings is 1. The molecule has 1 aromatic heterocycles. The predicted molar refractivity (Wildman–Crippen MR) is 35.7 cm³/mol. The van der Waals surface area contributed by atoms with Gasteiger partial charge in [-0.05, 0) is 12.1 Å². The normalized spacial score (nSPS) is 9.30. The molecule has 0 amide bonds. The van der Waals surface area contributed by atoms with E-state index in [1.165, 1.54) is 0 Å². The van der Waals surface area contributed by atoms with Crippen LogP contribution >= 0.6 is 0 Å². The van der Waals surface area contributed by atoms with Crippen LogP contribution in [0.2, 0.25) is 0 Å². The first kappa shape index (κ1) is 7.02. The zero-order valence-electron chi connectivity index (χ0n) is 5.45. The van der Waals surface area contributed by atoms with Gasteiger partial charge in [0.05, 0.1) is 6.61 Å². The maximum absolute atomic E-state index is 8.36. The second kappa shape index (κ2) is 3.85. The molecule has 3 nitrogen and oxygen atoms in total. The Bertz CT molecular complexity index is 176. The number of aromatic nitrogens is 1. The number of aliphatic hydroxyl groups is 1. The zero-order chi connectivity index (χ0) is 7.23. The lowest BCUT2D eigenvalue weighted by Gasteiger charge is -1.99. The molecule has 3 heteroatoms. The number of aliphatic hydroxyl groups excluding tert-OH is 1. The van der Waals surface area contributed by atoms with Crippen LogP contribution in [0.25, 0.3) is 0 Å². The molecule has 0 aliphatic heterocycles. The summed E-state index contributed by atoms with van der Waals surface area (Å²) in [4.78, 5) is 3.85. The van der Waals surface area contributed by atoms with Crippen molar-refractivity contribution in [2.45, 2.75) is 0 Å². The van der Waals surface area contributed by atoms with E-state index < -0.39 is 0 Å². The third-order valence-electron chi connectivity index (χ3n) is 0.921. The molecule has 0 unspecified atom stereocenters. The minimum atomic E-state index is 0.0105. The molecule has 0 saturated heterocycles. The Morgan fingerprint density at radius 3 is 3.20 bits per heavy atom.